The maximum Gasteiger partial charge on any atom is 0.219 e. The monoisotopic (exact) mass is 285 g/mol. The SMILES string of the molecule is Cc1ccc(C(C)(C)C)c(Oc2cc(CO)cc(C)n2)c1. The summed E-state index contributed by atoms with van der Waals surface area (Å²) in [5, 5.41) is 9.30. The molecule has 2 rings (SSSR count). The molecule has 1 aromatic heterocycles. The van der Waals surface area contributed by atoms with Gasteiger partial charge in [0.15, 0.2) is 0 Å². The molecule has 0 radical (unpaired) electrons. The molecule has 0 saturated carbocycles. The van der Waals surface area contributed by atoms with Crippen LogP contribution in [0.5, 0.6) is 11.6 Å². The van der Waals surface area contributed by atoms with E-state index in [0.717, 1.165) is 28.1 Å². The predicted octanol–water partition coefficient (Wildman–Crippen LogP) is 4.28. The molecule has 3 heteroatoms. The lowest BCUT2D eigenvalue weighted by Gasteiger charge is -2.23. The average molecular weight is 285 g/mol. The normalized spacial score (nSPS) is 11.5. The molecule has 0 fully saturated rings. The number of aliphatic hydroxyl groups is 1. The molecule has 21 heavy (non-hydrogen) atoms. The van der Waals surface area contributed by atoms with E-state index < -0.39 is 0 Å². The van der Waals surface area contributed by atoms with Crippen LogP contribution < -0.4 is 4.74 Å². The summed E-state index contributed by atoms with van der Waals surface area (Å²) >= 11 is 0. The van der Waals surface area contributed by atoms with E-state index in [1.807, 2.05) is 26.0 Å². The third-order valence-electron chi connectivity index (χ3n) is 3.33. The summed E-state index contributed by atoms with van der Waals surface area (Å²) in [5.74, 6) is 1.35. The second-order valence-corrected chi connectivity index (χ2v) is 6.46. The number of aliphatic hydroxyl groups excluding tert-OH is 1. The zero-order valence-corrected chi connectivity index (χ0v) is 13.4. The Morgan fingerprint density at radius 3 is 2.43 bits per heavy atom. The van der Waals surface area contributed by atoms with Crippen LogP contribution >= 0.6 is 0 Å². The Morgan fingerprint density at radius 1 is 1.10 bits per heavy atom. The van der Waals surface area contributed by atoms with Crippen molar-refractivity contribution in [3.05, 3.63) is 52.7 Å². The van der Waals surface area contributed by atoms with Gasteiger partial charge in [-0.25, -0.2) is 4.98 Å². The number of pyridine rings is 1. The van der Waals surface area contributed by atoms with E-state index in [1.165, 1.54) is 0 Å². The highest BCUT2D eigenvalue weighted by molar-refractivity contribution is 5.43. The lowest BCUT2D eigenvalue weighted by atomic mass is 9.86. The van der Waals surface area contributed by atoms with Crippen LogP contribution in [-0.4, -0.2) is 10.1 Å². The highest BCUT2D eigenvalue weighted by Crippen LogP contribution is 2.34. The van der Waals surface area contributed by atoms with Gasteiger partial charge in [0.2, 0.25) is 5.88 Å². The Labute approximate surface area is 126 Å². The molecule has 112 valence electrons. The molecule has 0 aliphatic carbocycles. The number of aromatic nitrogens is 1. The van der Waals surface area contributed by atoms with Gasteiger partial charge in [0, 0.05) is 17.3 Å². The van der Waals surface area contributed by atoms with E-state index in [2.05, 4.69) is 37.9 Å². The molecule has 2 aromatic rings. The fraction of sp³-hybridized carbons (Fsp3) is 0.389. The third kappa shape index (κ3) is 3.82. The third-order valence-corrected chi connectivity index (χ3v) is 3.33. The number of hydrogen-bond donors (Lipinski definition) is 1. The minimum Gasteiger partial charge on any atom is -0.439 e. The minimum atomic E-state index is -0.0142. The zero-order valence-electron chi connectivity index (χ0n) is 13.4. The minimum absolute atomic E-state index is 0.00727. The first-order chi connectivity index (χ1) is 9.79. The van der Waals surface area contributed by atoms with Crippen LogP contribution in [0.1, 0.15) is 43.2 Å². The smallest absolute Gasteiger partial charge is 0.219 e. The summed E-state index contributed by atoms with van der Waals surface area (Å²) in [5.41, 5.74) is 3.92. The van der Waals surface area contributed by atoms with Crippen LogP contribution in [0.4, 0.5) is 0 Å². The van der Waals surface area contributed by atoms with Gasteiger partial charge in [-0.05, 0) is 42.5 Å². The van der Waals surface area contributed by atoms with Crippen molar-refractivity contribution in [2.45, 2.75) is 46.6 Å². The highest BCUT2D eigenvalue weighted by Gasteiger charge is 2.19. The van der Waals surface area contributed by atoms with Gasteiger partial charge >= 0.3 is 0 Å². The fourth-order valence-corrected chi connectivity index (χ4v) is 2.30. The van der Waals surface area contributed by atoms with Gasteiger partial charge in [0.1, 0.15) is 5.75 Å². The topological polar surface area (TPSA) is 42.4 Å². The van der Waals surface area contributed by atoms with E-state index >= 15 is 0 Å². The molecule has 0 aliphatic rings. The number of nitrogens with zero attached hydrogens (tertiary/aromatic N) is 1. The Bertz CT molecular complexity index is 642. The summed E-state index contributed by atoms with van der Waals surface area (Å²) in [7, 11) is 0. The molecular formula is C18H23NO2. The van der Waals surface area contributed by atoms with Crippen molar-refractivity contribution in [3.8, 4) is 11.6 Å². The van der Waals surface area contributed by atoms with Crippen LogP contribution in [0, 0.1) is 13.8 Å². The summed E-state index contributed by atoms with van der Waals surface area (Å²) in [4.78, 5) is 4.40. The zero-order chi connectivity index (χ0) is 15.6. The predicted molar refractivity (Wildman–Crippen MR) is 84.8 cm³/mol. The van der Waals surface area contributed by atoms with E-state index in [0.29, 0.717) is 5.88 Å². The number of aryl methyl sites for hydroxylation is 2. The Kier molecular flexibility index (Phi) is 4.33. The fourth-order valence-electron chi connectivity index (χ4n) is 2.30. The van der Waals surface area contributed by atoms with Crippen molar-refractivity contribution in [2.75, 3.05) is 0 Å². The quantitative estimate of drug-likeness (QED) is 0.915. The first kappa shape index (κ1) is 15.5. The average Bonchev–Trinajstić information content (AvgIpc) is 2.36. The van der Waals surface area contributed by atoms with Crippen molar-refractivity contribution in [1.82, 2.24) is 4.98 Å². The van der Waals surface area contributed by atoms with Crippen molar-refractivity contribution < 1.29 is 9.84 Å². The molecule has 0 atom stereocenters. The number of benzene rings is 1. The first-order valence-electron chi connectivity index (χ1n) is 7.17. The molecule has 0 bridgehead atoms. The van der Waals surface area contributed by atoms with Crippen LogP contribution in [0.25, 0.3) is 0 Å². The van der Waals surface area contributed by atoms with Gasteiger partial charge in [-0.1, -0.05) is 32.9 Å². The van der Waals surface area contributed by atoms with Gasteiger partial charge in [-0.2, -0.15) is 0 Å². The summed E-state index contributed by atoms with van der Waals surface area (Å²) in [6.45, 7) is 10.4. The summed E-state index contributed by atoms with van der Waals surface area (Å²) < 4.78 is 6.02. The first-order valence-corrected chi connectivity index (χ1v) is 7.17. The van der Waals surface area contributed by atoms with Gasteiger partial charge in [-0.3, -0.25) is 0 Å². The Balaban J connectivity index is 2.44. The lowest BCUT2D eigenvalue weighted by Crippen LogP contribution is -2.12. The van der Waals surface area contributed by atoms with Crippen molar-refractivity contribution in [1.29, 1.82) is 0 Å². The molecule has 0 amide bonds. The summed E-state index contributed by atoms with van der Waals surface area (Å²) in [6, 6.07) is 9.86. The van der Waals surface area contributed by atoms with E-state index in [4.69, 9.17) is 4.74 Å². The van der Waals surface area contributed by atoms with Crippen molar-refractivity contribution in [3.63, 3.8) is 0 Å². The Hall–Kier alpha value is -1.87. The molecular weight excluding hydrogens is 262 g/mol. The van der Waals surface area contributed by atoms with E-state index in [-0.39, 0.29) is 12.0 Å². The van der Waals surface area contributed by atoms with Gasteiger partial charge in [0.05, 0.1) is 6.61 Å². The van der Waals surface area contributed by atoms with Crippen LogP contribution in [0.15, 0.2) is 30.3 Å². The van der Waals surface area contributed by atoms with Gasteiger partial charge < -0.3 is 9.84 Å². The van der Waals surface area contributed by atoms with Crippen molar-refractivity contribution in [2.24, 2.45) is 0 Å². The summed E-state index contributed by atoms with van der Waals surface area (Å²) in [6.07, 6.45) is 0. The molecule has 0 aliphatic heterocycles. The molecule has 0 saturated heterocycles. The molecule has 0 unspecified atom stereocenters. The largest absolute Gasteiger partial charge is 0.439 e. The molecule has 0 spiro atoms. The van der Waals surface area contributed by atoms with E-state index in [1.54, 1.807) is 6.07 Å². The maximum absolute atomic E-state index is 9.30. The van der Waals surface area contributed by atoms with Crippen LogP contribution in [0.3, 0.4) is 0 Å². The van der Waals surface area contributed by atoms with Crippen molar-refractivity contribution >= 4 is 0 Å². The Morgan fingerprint density at radius 2 is 1.81 bits per heavy atom. The van der Waals surface area contributed by atoms with Crippen LogP contribution in [0.2, 0.25) is 0 Å². The number of rotatable bonds is 3. The second-order valence-electron chi connectivity index (χ2n) is 6.46. The standard InChI is InChI=1S/C18H23NO2/c1-12-6-7-15(18(3,4)5)16(8-12)21-17-10-14(11-20)9-13(2)19-17/h6-10,20H,11H2,1-5H3. The molecule has 1 aromatic carbocycles. The van der Waals surface area contributed by atoms with Gasteiger partial charge in [-0.15, -0.1) is 0 Å². The molecule has 3 nitrogen and oxygen atoms in total. The van der Waals surface area contributed by atoms with E-state index in [9.17, 15) is 5.11 Å². The maximum atomic E-state index is 9.30. The lowest BCUT2D eigenvalue weighted by molar-refractivity contribution is 0.281. The van der Waals surface area contributed by atoms with Crippen LogP contribution in [-0.2, 0) is 12.0 Å². The number of ether oxygens (including phenoxy) is 1. The highest BCUT2D eigenvalue weighted by atomic mass is 16.5. The number of hydrogen-bond acceptors (Lipinski definition) is 3. The van der Waals surface area contributed by atoms with Gasteiger partial charge in [0.25, 0.3) is 0 Å². The molecule has 1 N–H and O–H groups in total. The second kappa shape index (κ2) is 5.86. The molecule has 1 heterocycles.